The molecule has 0 amide bonds. The Morgan fingerprint density at radius 1 is 1.08 bits per heavy atom. The first-order chi connectivity index (χ1) is 18.7. The Balaban J connectivity index is 1.48. The molecule has 1 N–H and O–H groups in total. The zero-order chi connectivity index (χ0) is 27.6. The van der Waals surface area contributed by atoms with Crippen LogP contribution in [0.5, 0.6) is 0 Å². The molecule has 1 aliphatic rings. The van der Waals surface area contributed by atoms with Crippen LogP contribution < -0.4 is 9.62 Å². The molecule has 2 heterocycles. The lowest BCUT2D eigenvalue weighted by molar-refractivity contribution is -0.141. The van der Waals surface area contributed by atoms with Crippen molar-refractivity contribution < 1.29 is 17.9 Å². The Morgan fingerprint density at radius 3 is 2.51 bits per heavy atom. The quantitative estimate of drug-likeness (QED) is 0.173. The normalized spacial score (nSPS) is 13.4. The molecule has 1 saturated carbocycles. The molecule has 0 aliphatic heterocycles. The molecule has 0 spiro atoms. The topological polar surface area (TPSA) is 106 Å². The number of fused-ring (bicyclic) bond motifs is 1. The van der Waals surface area contributed by atoms with Gasteiger partial charge in [-0.3, -0.25) is 13.7 Å². The number of benzene rings is 2. The molecule has 2 aromatic carbocycles. The zero-order valence-corrected chi connectivity index (χ0v) is 23.5. The molecule has 1 fully saturated rings. The molecular formula is C27H27Cl2N5O4S. The third-order valence-corrected chi connectivity index (χ3v) is 8.43. The third kappa shape index (κ3) is 6.29. The molecule has 39 heavy (non-hydrogen) atoms. The van der Waals surface area contributed by atoms with E-state index in [4.69, 9.17) is 27.9 Å². The van der Waals surface area contributed by atoms with E-state index in [1.165, 1.54) is 18.2 Å². The van der Waals surface area contributed by atoms with Crippen molar-refractivity contribution in [3.63, 3.8) is 0 Å². The maximum atomic E-state index is 13.7. The van der Waals surface area contributed by atoms with Crippen LogP contribution in [0, 0.1) is 0 Å². The largest absolute Gasteiger partial charge is 0.464 e. The molecule has 5 rings (SSSR count). The van der Waals surface area contributed by atoms with Crippen molar-refractivity contribution in [2.75, 3.05) is 22.8 Å². The number of carbonyl (C=O) groups excluding carboxylic acids is 1. The van der Waals surface area contributed by atoms with Gasteiger partial charge in [-0.1, -0.05) is 36.5 Å². The van der Waals surface area contributed by atoms with Crippen LogP contribution in [0.15, 0.2) is 65.7 Å². The SMILES string of the molecule is CCCCOC(=O)CN(c1ccc2c(ccn2-c2ccc(NC3CC3)nn2)c1)S(=O)(=O)c1cc(Cl)cc(Cl)c1. The number of halogens is 2. The highest BCUT2D eigenvalue weighted by Gasteiger charge is 2.29. The van der Waals surface area contributed by atoms with E-state index in [0.29, 0.717) is 24.0 Å². The number of hydrogen-bond donors (Lipinski definition) is 1. The molecule has 0 saturated heterocycles. The number of ether oxygens (including phenoxy) is 1. The monoisotopic (exact) mass is 587 g/mol. The standard InChI is InChI=1S/C27H27Cl2N5O4S/c1-2-3-12-38-27(35)17-34(39(36,37)23-15-19(28)14-20(29)16-23)22-6-7-24-18(13-22)10-11-33(24)26-9-8-25(31-32-26)30-21-4-5-21/h6-11,13-16,21H,2-5,12,17H2,1H3,(H,30,31). The van der Waals surface area contributed by atoms with Gasteiger partial charge in [-0.2, -0.15) is 0 Å². The van der Waals surface area contributed by atoms with Crippen LogP contribution >= 0.6 is 23.2 Å². The predicted molar refractivity (Wildman–Crippen MR) is 152 cm³/mol. The van der Waals surface area contributed by atoms with E-state index in [2.05, 4.69) is 15.5 Å². The van der Waals surface area contributed by atoms with Crippen LogP contribution in [0.25, 0.3) is 16.7 Å². The summed E-state index contributed by atoms with van der Waals surface area (Å²) in [6, 6.07) is 15.2. The van der Waals surface area contributed by atoms with Gasteiger partial charge in [0.05, 0.1) is 22.7 Å². The van der Waals surface area contributed by atoms with Gasteiger partial charge in [0.25, 0.3) is 10.0 Å². The van der Waals surface area contributed by atoms with Crippen molar-refractivity contribution >= 4 is 61.6 Å². The smallest absolute Gasteiger partial charge is 0.326 e. The second-order valence-electron chi connectivity index (χ2n) is 9.32. The van der Waals surface area contributed by atoms with E-state index >= 15 is 0 Å². The van der Waals surface area contributed by atoms with E-state index in [9.17, 15) is 13.2 Å². The summed E-state index contributed by atoms with van der Waals surface area (Å²) < 4.78 is 35.7. The number of aromatic nitrogens is 3. The van der Waals surface area contributed by atoms with Crippen LogP contribution in [0.2, 0.25) is 10.0 Å². The minimum Gasteiger partial charge on any atom is -0.464 e. The zero-order valence-electron chi connectivity index (χ0n) is 21.2. The van der Waals surface area contributed by atoms with Gasteiger partial charge in [0, 0.05) is 27.7 Å². The Bertz CT molecular complexity index is 1580. The number of unbranched alkanes of at least 4 members (excludes halogenated alkanes) is 1. The van der Waals surface area contributed by atoms with Gasteiger partial charge in [0.1, 0.15) is 12.4 Å². The van der Waals surface area contributed by atoms with Gasteiger partial charge in [-0.25, -0.2) is 8.42 Å². The predicted octanol–water partition coefficient (Wildman–Crippen LogP) is 5.84. The lowest BCUT2D eigenvalue weighted by Gasteiger charge is -2.24. The van der Waals surface area contributed by atoms with Crippen molar-refractivity contribution in [3.8, 4) is 5.82 Å². The van der Waals surface area contributed by atoms with Crippen LogP contribution in [0.1, 0.15) is 32.6 Å². The number of esters is 1. The van der Waals surface area contributed by atoms with Crippen molar-refractivity contribution in [2.45, 2.75) is 43.5 Å². The van der Waals surface area contributed by atoms with Crippen molar-refractivity contribution in [1.82, 2.24) is 14.8 Å². The summed E-state index contributed by atoms with van der Waals surface area (Å²) in [4.78, 5) is 12.5. The van der Waals surface area contributed by atoms with Crippen LogP contribution in [-0.4, -0.2) is 48.3 Å². The van der Waals surface area contributed by atoms with Gasteiger partial charge in [-0.15, -0.1) is 10.2 Å². The van der Waals surface area contributed by atoms with Crippen molar-refractivity contribution in [3.05, 3.63) is 70.8 Å². The highest BCUT2D eigenvalue weighted by molar-refractivity contribution is 7.92. The number of sulfonamides is 1. The molecule has 12 heteroatoms. The number of nitrogens with one attached hydrogen (secondary N) is 1. The highest BCUT2D eigenvalue weighted by Crippen LogP contribution is 2.31. The molecule has 0 radical (unpaired) electrons. The van der Waals surface area contributed by atoms with Gasteiger partial charge in [0.2, 0.25) is 0 Å². The van der Waals surface area contributed by atoms with Gasteiger partial charge in [-0.05, 0) is 73.9 Å². The maximum absolute atomic E-state index is 13.7. The summed E-state index contributed by atoms with van der Waals surface area (Å²) in [5.74, 6) is 0.692. The summed E-state index contributed by atoms with van der Waals surface area (Å²) in [7, 11) is -4.22. The number of carbonyl (C=O) groups is 1. The van der Waals surface area contributed by atoms with E-state index in [1.54, 1.807) is 18.2 Å². The average molecular weight is 589 g/mol. The number of anilines is 2. The minimum absolute atomic E-state index is 0.130. The molecule has 9 nitrogen and oxygen atoms in total. The van der Waals surface area contributed by atoms with E-state index in [1.807, 2.05) is 35.9 Å². The molecule has 0 unspecified atom stereocenters. The van der Waals surface area contributed by atoms with Crippen LogP contribution in [0.3, 0.4) is 0 Å². The fraction of sp³-hybridized carbons (Fsp3) is 0.296. The maximum Gasteiger partial charge on any atom is 0.326 e. The molecule has 1 aliphatic carbocycles. The fourth-order valence-corrected chi connectivity index (χ4v) is 6.19. The first-order valence-electron chi connectivity index (χ1n) is 12.6. The summed E-state index contributed by atoms with van der Waals surface area (Å²) in [5, 5.41) is 13.0. The van der Waals surface area contributed by atoms with E-state index < -0.39 is 22.5 Å². The molecule has 4 aromatic rings. The summed E-state index contributed by atoms with van der Waals surface area (Å²) in [6.45, 7) is 1.67. The number of nitrogens with zero attached hydrogens (tertiary/aromatic N) is 4. The molecule has 204 valence electrons. The lowest BCUT2D eigenvalue weighted by atomic mass is 10.2. The number of rotatable bonds is 11. The first-order valence-corrected chi connectivity index (χ1v) is 14.8. The second kappa shape index (κ2) is 11.4. The number of hydrogen-bond acceptors (Lipinski definition) is 7. The summed E-state index contributed by atoms with van der Waals surface area (Å²) in [5.41, 5.74) is 1.09. The Morgan fingerprint density at radius 2 is 1.85 bits per heavy atom. The van der Waals surface area contributed by atoms with Gasteiger partial charge >= 0.3 is 5.97 Å². The van der Waals surface area contributed by atoms with Crippen LogP contribution in [0.4, 0.5) is 11.5 Å². The molecular weight excluding hydrogens is 561 g/mol. The highest BCUT2D eigenvalue weighted by atomic mass is 35.5. The summed E-state index contributed by atoms with van der Waals surface area (Å²) >= 11 is 12.2. The first kappa shape index (κ1) is 27.2. The fourth-order valence-electron chi connectivity index (χ4n) is 4.07. The summed E-state index contributed by atoms with van der Waals surface area (Å²) in [6.07, 6.45) is 5.64. The van der Waals surface area contributed by atoms with Crippen molar-refractivity contribution in [2.24, 2.45) is 0 Å². The average Bonchev–Trinajstić information content (AvgIpc) is 3.62. The molecule has 2 aromatic heterocycles. The lowest BCUT2D eigenvalue weighted by Crippen LogP contribution is -2.36. The molecule has 0 bridgehead atoms. The van der Waals surface area contributed by atoms with E-state index in [0.717, 1.165) is 40.3 Å². The molecule has 0 atom stereocenters. The van der Waals surface area contributed by atoms with Gasteiger partial charge < -0.3 is 10.1 Å². The van der Waals surface area contributed by atoms with Crippen LogP contribution in [-0.2, 0) is 19.6 Å². The second-order valence-corrected chi connectivity index (χ2v) is 12.1. The van der Waals surface area contributed by atoms with Crippen molar-refractivity contribution in [1.29, 1.82) is 0 Å². The third-order valence-electron chi connectivity index (χ3n) is 6.25. The Kier molecular flexibility index (Phi) is 7.97. The Hall–Kier alpha value is -3.34. The Labute approximate surface area is 236 Å². The minimum atomic E-state index is -4.22. The van der Waals surface area contributed by atoms with Gasteiger partial charge in [0.15, 0.2) is 5.82 Å². The van der Waals surface area contributed by atoms with E-state index in [-0.39, 0.29) is 21.5 Å².